The number of H-pyrrole nitrogens is 1. The summed E-state index contributed by atoms with van der Waals surface area (Å²) in [6, 6.07) is 14.0. The number of aryl methyl sites for hydroxylation is 1. The fraction of sp³-hybridized carbons (Fsp3) is 0.188. The molecule has 2 heterocycles. The molecule has 3 aromatic rings. The monoisotopic (exact) mass is 279 g/mol. The Hall–Kier alpha value is -2.69. The summed E-state index contributed by atoms with van der Waals surface area (Å²) in [5.41, 5.74) is 2.97. The molecule has 1 atom stereocenters. The number of hydrogen-bond acceptors (Lipinski definition) is 4. The molecule has 5 heteroatoms. The highest BCUT2D eigenvalue weighted by molar-refractivity contribution is 5.73. The van der Waals surface area contributed by atoms with Gasteiger partial charge < -0.3 is 5.32 Å². The first-order valence-electron chi connectivity index (χ1n) is 6.90. The van der Waals surface area contributed by atoms with Crippen molar-refractivity contribution >= 4 is 5.69 Å². The van der Waals surface area contributed by atoms with Crippen molar-refractivity contribution in [3.63, 3.8) is 0 Å². The average Bonchev–Trinajstić information content (AvgIpc) is 2.95. The molecule has 2 aromatic heterocycles. The van der Waals surface area contributed by atoms with Crippen LogP contribution in [-0.2, 0) is 0 Å². The molecule has 1 unspecified atom stereocenters. The second-order valence-electron chi connectivity index (χ2n) is 4.91. The third-order valence-corrected chi connectivity index (χ3v) is 3.27. The average molecular weight is 279 g/mol. The van der Waals surface area contributed by atoms with E-state index in [-0.39, 0.29) is 6.04 Å². The van der Waals surface area contributed by atoms with Crippen molar-refractivity contribution in [2.75, 3.05) is 5.32 Å². The Labute approximate surface area is 123 Å². The van der Waals surface area contributed by atoms with E-state index in [1.54, 1.807) is 6.20 Å². The molecular formula is C16H17N5. The number of rotatable bonds is 4. The first kappa shape index (κ1) is 13.3. The van der Waals surface area contributed by atoms with Crippen LogP contribution in [0.25, 0.3) is 11.4 Å². The molecule has 0 aliphatic heterocycles. The molecule has 0 radical (unpaired) electrons. The normalized spacial score (nSPS) is 12.1. The van der Waals surface area contributed by atoms with Gasteiger partial charge in [0.1, 0.15) is 5.82 Å². The summed E-state index contributed by atoms with van der Waals surface area (Å²) < 4.78 is 0. The van der Waals surface area contributed by atoms with Crippen LogP contribution in [0, 0.1) is 6.92 Å². The quantitative estimate of drug-likeness (QED) is 0.768. The highest BCUT2D eigenvalue weighted by Crippen LogP contribution is 2.27. The van der Waals surface area contributed by atoms with Crippen LogP contribution in [0.5, 0.6) is 0 Å². The summed E-state index contributed by atoms with van der Waals surface area (Å²) in [4.78, 5) is 8.78. The number of nitrogens with one attached hydrogen (secondary N) is 2. The van der Waals surface area contributed by atoms with Crippen molar-refractivity contribution in [1.29, 1.82) is 0 Å². The highest BCUT2D eigenvalue weighted by atomic mass is 15.2. The minimum Gasteiger partial charge on any atom is -0.376 e. The van der Waals surface area contributed by atoms with E-state index in [2.05, 4.69) is 32.4 Å². The molecule has 0 spiro atoms. The Morgan fingerprint density at radius 3 is 2.62 bits per heavy atom. The molecular weight excluding hydrogens is 262 g/mol. The SMILES string of the molecule is Cc1nc(-c2ccccc2NC(C)c2ccccn2)n[nH]1. The van der Waals surface area contributed by atoms with Crippen LogP contribution in [0.3, 0.4) is 0 Å². The summed E-state index contributed by atoms with van der Waals surface area (Å²) in [5, 5.41) is 10.6. The number of anilines is 1. The van der Waals surface area contributed by atoms with Gasteiger partial charge in [0.25, 0.3) is 0 Å². The molecule has 1 aromatic carbocycles. The molecule has 21 heavy (non-hydrogen) atoms. The van der Waals surface area contributed by atoms with E-state index < -0.39 is 0 Å². The number of pyridine rings is 1. The second kappa shape index (κ2) is 5.75. The Bertz CT molecular complexity index is 720. The van der Waals surface area contributed by atoms with Crippen LogP contribution in [0.15, 0.2) is 48.7 Å². The standard InChI is InChI=1S/C16H17N5/c1-11(14-8-5-6-10-17-14)18-15-9-4-3-7-13(15)16-19-12(2)20-21-16/h3-11,18H,1-2H3,(H,19,20,21). The zero-order chi connectivity index (χ0) is 14.7. The largest absolute Gasteiger partial charge is 0.376 e. The van der Waals surface area contributed by atoms with Gasteiger partial charge in [-0.05, 0) is 38.1 Å². The van der Waals surface area contributed by atoms with Crippen molar-refractivity contribution in [2.24, 2.45) is 0 Å². The lowest BCUT2D eigenvalue weighted by Crippen LogP contribution is -2.09. The lowest BCUT2D eigenvalue weighted by molar-refractivity contribution is 0.839. The molecule has 0 amide bonds. The topological polar surface area (TPSA) is 66.5 Å². The fourth-order valence-corrected chi connectivity index (χ4v) is 2.21. The lowest BCUT2D eigenvalue weighted by atomic mass is 10.1. The summed E-state index contributed by atoms with van der Waals surface area (Å²) in [7, 11) is 0. The molecule has 5 nitrogen and oxygen atoms in total. The Morgan fingerprint density at radius 2 is 1.90 bits per heavy atom. The van der Waals surface area contributed by atoms with E-state index in [9.17, 15) is 0 Å². The first-order chi connectivity index (χ1) is 10.2. The zero-order valence-electron chi connectivity index (χ0n) is 12.0. The van der Waals surface area contributed by atoms with Crippen molar-refractivity contribution in [2.45, 2.75) is 19.9 Å². The minimum atomic E-state index is 0.104. The van der Waals surface area contributed by atoms with Gasteiger partial charge in [0.15, 0.2) is 5.82 Å². The van der Waals surface area contributed by atoms with Gasteiger partial charge in [-0.3, -0.25) is 10.1 Å². The molecule has 106 valence electrons. The van der Waals surface area contributed by atoms with Crippen LogP contribution >= 0.6 is 0 Å². The van der Waals surface area contributed by atoms with Crippen LogP contribution in [0.2, 0.25) is 0 Å². The van der Waals surface area contributed by atoms with Crippen LogP contribution in [-0.4, -0.2) is 20.2 Å². The molecule has 2 N–H and O–H groups in total. The van der Waals surface area contributed by atoms with Crippen molar-refractivity contribution in [1.82, 2.24) is 20.2 Å². The maximum Gasteiger partial charge on any atom is 0.183 e. The van der Waals surface area contributed by atoms with Gasteiger partial charge in [0.2, 0.25) is 0 Å². The molecule has 0 aliphatic carbocycles. The smallest absolute Gasteiger partial charge is 0.183 e. The van der Waals surface area contributed by atoms with E-state index >= 15 is 0 Å². The summed E-state index contributed by atoms with van der Waals surface area (Å²) in [6.07, 6.45) is 1.80. The Kier molecular flexibility index (Phi) is 3.64. The van der Waals surface area contributed by atoms with Crippen LogP contribution in [0.4, 0.5) is 5.69 Å². The second-order valence-corrected chi connectivity index (χ2v) is 4.91. The predicted octanol–water partition coefficient (Wildman–Crippen LogP) is 3.35. The van der Waals surface area contributed by atoms with E-state index in [4.69, 9.17) is 0 Å². The first-order valence-corrected chi connectivity index (χ1v) is 6.90. The third kappa shape index (κ3) is 2.91. The molecule has 0 bridgehead atoms. The van der Waals surface area contributed by atoms with Crippen molar-refractivity contribution < 1.29 is 0 Å². The van der Waals surface area contributed by atoms with Gasteiger partial charge in [-0.15, -0.1) is 0 Å². The third-order valence-electron chi connectivity index (χ3n) is 3.27. The molecule has 3 rings (SSSR count). The predicted molar refractivity (Wildman–Crippen MR) is 82.8 cm³/mol. The Morgan fingerprint density at radius 1 is 1.10 bits per heavy atom. The number of aromatic nitrogens is 4. The molecule has 0 aliphatic rings. The molecule has 0 fully saturated rings. The van der Waals surface area contributed by atoms with Gasteiger partial charge in [-0.25, -0.2) is 4.98 Å². The van der Waals surface area contributed by atoms with Gasteiger partial charge >= 0.3 is 0 Å². The Balaban J connectivity index is 1.89. The van der Waals surface area contributed by atoms with Gasteiger partial charge in [-0.2, -0.15) is 5.10 Å². The van der Waals surface area contributed by atoms with Gasteiger partial charge in [-0.1, -0.05) is 18.2 Å². The molecule has 0 saturated carbocycles. The number of aromatic amines is 1. The lowest BCUT2D eigenvalue weighted by Gasteiger charge is -2.16. The maximum atomic E-state index is 4.40. The number of hydrogen-bond donors (Lipinski definition) is 2. The maximum absolute atomic E-state index is 4.40. The van der Waals surface area contributed by atoms with Crippen LogP contribution < -0.4 is 5.32 Å². The van der Waals surface area contributed by atoms with Gasteiger partial charge in [0, 0.05) is 17.4 Å². The minimum absolute atomic E-state index is 0.104. The van der Waals surface area contributed by atoms with Crippen molar-refractivity contribution in [3.8, 4) is 11.4 Å². The summed E-state index contributed by atoms with van der Waals surface area (Å²) in [6.45, 7) is 3.98. The fourth-order valence-electron chi connectivity index (χ4n) is 2.21. The van der Waals surface area contributed by atoms with Crippen LogP contribution in [0.1, 0.15) is 24.5 Å². The van der Waals surface area contributed by atoms with Gasteiger partial charge in [0.05, 0.1) is 11.7 Å². The van der Waals surface area contributed by atoms with Crippen molar-refractivity contribution in [3.05, 3.63) is 60.2 Å². The zero-order valence-corrected chi connectivity index (χ0v) is 12.0. The summed E-state index contributed by atoms with van der Waals surface area (Å²) >= 11 is 0. The number of nitrogens with zero attached hydrogens (tertiary/aromatic N) is 3. The number of para-hydroxylation sites is 1. The highest BCUT2D eigenvalue weighted by Gasteiger charge is 2.12. The summed E-state index contributed by atoms with van der Waals surface area (Å²) in [5.74, 6) is 1.50. The molecule has 0 saturated heterocycles. The van der Waals surface area contributed by atoms with E-state index in [1.165, 1.54) is 0 Å². The van der Waals surface area contributed by atoms with E-state index in [0.29, 0.717) is 5.82 Å². The van der Waals surface area contributed by atoms with E-state index in [0.717, 1.165) is 22.8 Å². The van der Waals surface area contributed by atoms with E-state index in [1.807, 2.05) is 49.4 Å². The number of benzene rings is 1.